The van der Waals surface area contributed by atoms with Gasteiger partial charge >= 0.3 is 0 Å². The van der Waals surface area contributed by atoms with Crippen LogP contribution < -0.4 is 4.90 Å². The number of hydrogen-bond acceptors (Lipinski definition) is 5. The van der Waals surface area contributed by atoms with Crippen LogP contribution in [0.4, 0.5) is 10.1 Å². The normalized spacial score (nSPS) is 20.0. The smallest absolute Gasteiger partial charge is 0.253 e. The minimum Gasteiger partial charge on any atom is -0.347 e. The van der Waals surface area contributed by atoms with Gasteiger partial charge in [0.1, 0.15) is 5.82 Å². The molecule has 6 nitrogen and oxygen atoms in total. The van der Waals surface area contributed by atoms with Crippen molar-refractivity contribution in [1.82, 2.24) is 4.90 Å². The second-order valence-electron chi connectivity index (χ2n) is 8.09. The second kappa shape index (κ2) is 8.67. The molecule has 0 N–H and O–H groups in total. The van der Waals surface area contributed by atoms with Crippen LogP contribution in [0.25, 0.3) is 0 Å². The number of amides is 2. The van der Waals surface area contributed by atoms with Crippen molar-refractivity contribution in [3.8, 4) is 0 Å². The maximum atomic E-state index is 13.4. The number of carbonyl (C=O) groups is 2. The Morgan fingerprint density at radius 2 is 1.88 bits per heavy atom. The molecule has 1 spiro atoms. The maximum absolute atomic E-state index is 13.4. The lowest BCUT2D eigenvalue weighted by molar-refractivity contribution is -0.181. The second-order valence-corrected chi connectivity index (χ2v) is 9.51. The molecule has 168 valence electrons. The number of likely N-dealkylation sites (tertiary alicyclic amines) is 1. The largest absolute Gasteiger partial charge is 0.347 e. The summed E-state index contributed by atoms with van der Waals surface area (Å²) in [6, 6.07) is 9.60. The minimum absolute atomic E-state index is 0.0802. The first-order valence-electron chi connectivity index (χ1n) is 10.5. The van der Waals surface area contributed by atoms with Gasteiger partial charge in [-0.25, -0.2) is 4.39 Å². The van der Waals surface area contributed by atoms with E-state index < -0.39 is 11.6 Å². The van der Waals surface area contributed by atoms with Crippen molar-refractivity contribution in [2.75, 3.05) is 37.0 Å². The van der Waals surface area contributed by atoms with Gasteiger partial charge in [0.25, 0.3) is 5.91 Å². The van der Waals surface area contributed by atoms with Crippen LogP contribution in [0.2, 0.25) is 5.02 Å². The first kappa shape index (κ1) is 21.7. The highest BCUT2D eigenvalue weighted by atomic mass is 35.5. The molecule has 2 aromatic carbocycles. The van der Waals surface area contributed by atoms with Crippen LogP contribution in [0.15, 0.2) is 41.3 Å². The first-order chi connectivity index (χ1) is 15.4. The third kappa shape index (κ3) is 4.12. The molecule has 0 saturated carbocycles. The summed E-state index contributed by atoms with van der Waals surface area (Å²) in [5.74, 6) is -0.829. The van der Waals surface area contributed by atoms with Gasteiger partial charge < -0.3 is 19.3 Å². The zero-order chi connectivity index (χ0) is 22.3. The quantitative estimate of drug-likeness (QED) is 0.667. The van der Waals surface area contributed by atoms with E-state index in [-0.39, 0.29) is 23.4 Å². The third-order valence-electron chi connectivity index (χ3n) is 6.12. The van der Waals surface area contributed by atoms with E-state index in [1.54, 1.807) is 28.0 Å². The molecular formula is C23H22ClFN2O4S. The van der Waals surface area contributed by atoms with Crippen LogP contribution >= 0.6 is 23.4 Å². The molecule has 3 aliphatic heterocycles. The lowest BCUT2D eigenvalue weighted by Gasteiger charge is -2.37. The summed E-state index contributed by atoms with van der Waals surface area (Å²) in [6.07, 6.45) is 1.29. The molecule has 9 heteroatoms. The number of carbonyl (C=O) groups excluding carboxylic acids is 2. The summed E-state index contributed by atoms with van der Waals surface area (Å²) < 4.78 is 24.9. The zero-order valence-corrected chi connectivity index (χ0v) is 18.9. The Morgan fingerprint density at radius 3 is 2.59 bits per heavy atom. The van der Waals surface area contributed by atoms with Crippen LogP contribution in [0.1, 0.15) is 28.8 Å². The van der Waals surface area contributed by atoms with Crippen molar-refractivity contribution in [2.45, 2.75) is 30.1 Å². The molecule has 2 saturated heterocycles. The Kier molecular flexibility index (Phi) is 5.88. The van der Waals surface area contributed by atoms with E-state index in [2.05, 4.69) is 0 Å². The van der Waals surface area contributed by atoms with E-state index in [1.165, 1.54) is 23.9 Å². The number of hydrogen-bond donors (Lipinski definition) is 0. The number of nitrogens with zero attached hydrogens (tertiary/aromatic N) is 2. The maximum Gasteiger partial charge on any atom is 0.253 e. The zero-order valence-electron chi connectivity index (χ0n) is 17.3. The average molecular weight is 477 g/mol. The third-order valence-corrected chi connectivity index (χ3v) is 7.52. The molecule has 2 fully saturated rings. The van der Waals surface area contributed by atoms with E-state index >= 15 is 0 Å². The van der Waals surface area contributed by atoms with E-state index in [0.29, 0.717) is 61.7 Å². The SMILES string of the molecule is O=C(c1ccc2c(c1)N(Cc1ccc(F)cc1Cl)C(=O)CS2)N1CCC2(CC1)OCCO2. The molecule has 0 unspecified atom stereocenters. The molecular weight excluding hydrogens is 455 g/mol. The van der Waals surface area contributed by atoms with Crippen molar-refractivity contribution in [3.05, 3.63) is 58.4 Å². The molecule has 0 bridgehead atoms. The van der Waals surface area contributed by atoms with Gasteiger partial charge in [-0.15, -0.1) is 11.8 Å². The molecule has 0 aromatic heterocycles. The first-order valence-corrected chi connectivity index (χ1v) is 11.9. The summed E-state index contributed by atoms with van der Waals surface area (Å²) >= 11 is 7.64. The van der Waals surface area contributed by atoms with Crippen molar-refractivity contribution < 1.29 is 23.5 Å². The predicted octanol–water partition coefficient (Wildman–Crippen LogP) is 4.10. The number of benzene rings is 2. The van der Waals surface area contributed by atoms with E-state index in [1.807, 2.05) is 6.07 Å². The summed E-state index contributed by atoms with van der Waals surface area (Å²) in [5, 5.41) is 0.267. The highest BCUT2D eigenvalue weighted by Crippen LogP contribution is 2.38. The van der Waals surface area contributed by atoms with Crippen LogP contribution in [-0.2, 0) is 20.8 Å². The topological polar surface area (TPSA) is 59.1 Å². The van der Waals surface area contributed by atoms with Crippen molar-refractivity contribution in [3.63, 3.8) is 0 Å². The Morgan fingerprint density at radius 1 is 1.12 bits per heavy atom. The molecule has 5 rings (SSSR count). The fraction of sp³-hybridized carbons (Fsp3) is 0.391. The number of anilines is 1. The fourth-order valence-electron chi connectivity index (χ4n) is 4.35. The fourth-order valence-corrected chi connectivity index (χ4v) is 5.49. The molecule has 3 aliphatic rings. The van der Waals surface area contributed by atoms with Gasteiger partial charge in [0.2, 0.25) is 5.91 Å². The van der Waals surface area contributed by atoms with E-state index in [9.17, 15) is 14.0 Å². The molecule has 0 radical (unpaired) electrons. The van der Waals surface area contributed by atoms with E-state index in [0.717, 1.165) is 4.90 Å². The van der Waals surface area contributed by atoms with Crippen molar-refractivity contribution in [1.29, 1.82) is 0 Å². The highest BCUT2D eigenvalue weighted by molar-refractivity contribution is 8.00. The minimum atomic E-state index is -0.541. The lowest BCUT2D eigenvalue weighted by atomic mass is 10.0. The van der Waals surface area contributed by atoms with Gasteiger partial charge in [-0.05, 0) is 35.9 Å². The van der Waals surface area contributed by atoms with Crippen LogP contribution in [-0.4, -0.2) is 54.6 Å². The number of fused-ring (bicyclic) bond motifs is 1. The molecule has 0 aliphatic carbocycles. The number of rotatable bonds is 3. The molecule has 2 aromatic rings. The molecule has 3 heterocycles. The van der Waals surface area contributed by atoms with Gasteiger partial charge in [0, 0.05) is 41.4 Å². The standard InChI is InChI=1S/C23H22ClFN2O4S/c24-18-12-17(25)3-1-16(18)13-27-19-11-15(2-4-20(19)32-14-21(27)28)22(29)26-7-5-23(6-8-26)30-9-10-31-23/h1-4,11-12H,5-10,13-14H2. The van der Waals surface area contributed by atoms with Crippen LogP contribution in [0.5, 0.6) is 0 Å². The monoisotopic (exact) mass is 476 g/mol. The lowest BCUT2D eigenvalue weighted by Crippen LogP contribution is -2.47. The Labute approximate surface area is 194 Å². The van der Waals surface area contributed by atoms with Crippen LogP contribution in [0, 0.1) is 5.82 Å². The van der Waals surface area contributed by atoms with Crippen molar-refractivity contribution >= 4 is 40.9 Å². The molecule has 2 amide bonds. The number of piperidine rings is 1. The summed E-state index contributed by atoms with van der Waals surface area (Å²) in [4.78, 5) is 30.3. The molecule has 0 atom stereocenters. The van der Waals surface area contributed by atoms with Gasteiger partial charge in [-0.1, -0.05) is 17.7 Å². The number of thioether (sulfide) groups is 1. The summed E-state index contributed by atoms with van der Waals surface area (Å²) in [7, 11) is 0. The van der Waals surface area contributed by atoms with Gasteiger partial charge in [0.15, 0.2) is 5.79 Å². The number of halogens is 2. The van der Waals surface area contributed by atoms with E-state index in [4.69, 9.17) is 21.1 Å². The van der Waals surface area contributed by atoms with Gasteiger partial charge in [-0.3, -0.25) is 9.59 Å². The predicted molar refractivity (Wildman–Crippen MR) is 120 cm³/mol. The Hall–Kier alpha value is -2.13. The average Bonchev–Trinajstić information content (AvgIpc) is 3.25. The Bertz CT molecular complexity index is 1070. The van der Waals surface area contributed by atoms with Gasteiger partial charge in [-0.2, -0.15) is 0 Å². The summed E-state index contributed by atoms with van der Waals surface area (Å²) in [6.45, 7) is 2.51. The molecule has 32 heavy (non-hydrogen) atoms. The summed E-state index contributed by atoms with van der Waals surface area (Å²) in [5.41, 5.74) is 1.85. The van der Waals surface area contributed by atoms with Gasteiger partial charge in [0.05, 0.1) is 31.2 Å². The highest BCUT2D eigenvalue weighted by Gasteiger charge is 2.41. The Balaban J connectivity index is 1.37. The van der Waals surface area contributed by atoms with Crippen LogP contribution in [0.3, 0.4) is 0 Å². The number of ether oxygens (including phenoxy) is 2. The van der Waals surface area contributed by atoms with Crippen molar-refractivity contribution in [2.24, 2.45) is 0 Å².